The normalized spacial score (nSPS) is 11.1. The zero-order valence-electron chi connectivity index (χ0n) is 16.7. The first-order chi connectivity index (χ1) is 15.0. The monoisotopic (exact) mass is 439 g/mol. The minimum absolute atomic E-state index is 0.288. The van der Waals surface area contributed by atoms with Gasteiger partial charge in [-0.2, -0.15) is 0 Å². The summed E-state index contributed by atoms with van der Waals surface area (Å²) < 4.78 is 34.2. The number of esters is 1. The number of fused-ring (bicyclic) bond motifs is 1. The minimum atomic E-state index is -0.614. The average Bonchev–Trinajstić information content (AvgIpc) is 3.09. The van der Waals surface area contributed by atoms with Gasteiger partial charge in [-0.1, -0.05) is 17.8 Å². The van der Waals surface area contributed by atoms with Gasteiger partial charge < -0.3 is 9.30 Å². The molecule has 0 bridgehead atoms. The van der Waals surface area contributed by atoms with Crippen LogP contribution in [0.25, 0.3) is 11.0 Å². The minimum Gasteiger partial charge on any atom is -0.462 e. The van der Waals surface area contributed by atoms with Gasteiger partial charge in [-0.25, -0.2) is 18.6 Å². The predicted octanol–water partition coefficient (Wildman–Crippen LogP) is 5.23. The van der Waals surface area contributed by atoms with E-state index in [0.717, 1.165) is 17.3 Å². The fourth-order valence-corrected chi connectivity index (χ4v) is 4.15. The Labute approximate surface area is 182 Å². The topological polar surface area (TPSA) is 57.0 Å². The Hall–Kier alpha value is -3.26. The van der Waals surface area contributed by atoms with E-state index in [1.807, 2.05) is 28.8 Å². The number of hydrogen-bond acceptors (Lipinski definition) is 5. The van der Waals surface area contributed by atoms with Gasteiger partial charge in [0.05, 0.1) is 35.4 Å². The van der Waals surface area contributed by atoms with Crippen LogP contribution < -0.4 is 0 Å². The maximum atomic E-state index is 13.5. The summed E-state index contributed by atoms with van der Waals surface area (Å²) in [6.07, 6.45) is 1.72. The number of carbonyl (C=O) groups excluding carboxylic acids is 1. The van der Waals surface area contributed by atoms with Crippen molar-refractivity contribution in [3.8, 4) is 0 Å². The fourth-order valence-electron chi connectivity index (χ4n) is 3.21. The van der Waals surface area contributed by atoms with E-state index in [1.54, 1.807) is 25.3 Å². The third kappa shape index (κ3) is 4.91. The highest BCUT2D eigenvalue weighted by Crippen LogP contribution is 2.29. The summed E-state index contributed by atoms with van der Waals surface area (Å²) >= 11 is 1.36. The molecule has 2 aromatic heterocycles. The number of thioether (sulfide) groups is 1. The van der Waals surface area contributed by atoms with E-state index in [0.29, 0.717) is 34.1 Å². The summed E-state index contributed by atoms with van der Waals surface area (Å²) in [6, 6.07) is 14.3. The lowest BCUT2D eigenvalue weighted by Crippen LogP contribution is -2.05. The molecule has 2 aromatic carbocycles. The molecule has 0 saturated carbocycles. The van der Waals surface area contributed by atoms with Crippen molar-refractivity contribution in [3.05, 3.63) is 89.2 Å². The maximum absolute atomic E-state index is 13.5. The maximum Gasteiger partial charge on any atom is 0.338 e. The van der Waals surface area contributed by atoms with Gasteiger partial charge in [-0.05, 0) is 55.0 Å². The third-order valence-corrected chi connectivity index (χ3v) is 5.61. The number of imidazole rings is 1. The second-order valence-corrected chi connectivity index (χ2v) is 7.73. The first kappa shape index (κ1) is 21.0. The number of carbonyl (C=O) groups is 1. The van der Waals surface area contributed by atoms with Gasteiger partial charge in [0.1, 0.15) is 11.6 Å². The van der Waals surface area contributed by atoms with Crippen molar-refractivity contribution >= 4 is 28.8 Å². The number of aromatic nitrogens is 3. The summed E-state index contributed by atoms with van der Waals surface area (Å²) in [5.74, 6) is -1.30. The number of halogens is 2. The number of ether oxygens (including phenoxy) is 1. The molecule has 0 spiro atoms. The summed E-state index contributed by atoms with van der Waals surface area (Å²) in [6.45, 7) is 2.51. The van der Waals surface area contributed by atoms with Crippen molar-refractivity contribution < 1.29 is 18.3 Å². The van der Waals surface area contributed by atoms with Crippen molar-refractivity contribution in [2.24, 2.45) is 0 Å². The number of rotatable bonds is 7. The smallest absolute Gasteiger partial charge is 0.338 e. The van der Waals surface area contributed by atoms with E-state index < -0.39 is 17.6 Å². The summed E-state index contributed by atoms with van der Waals surface area (Å²) in [5.41, 5.74) is 3.24. The number of hydrogen-bond donors (Lipinski definition) is 0. The van der Waals surface area contributed by atoms with Gasteiger partial charge >= 0.3 is 5.97 Å². The SMILES string of the molecule is CCOC(=O)c1ccc2c(c1)nc(SCc1cc(F)cc(F)c1)n2Cc1ccccn1. The Kier molecular flexibility index (Phi) is 6.27. The lowest BCUT2D eigenvalue weighted by molar-refractivity contribution is 0.0526. The number of nitrogens with zero attached hydrogens (tertiary/aromatic N) is 3. The highest BCUT2D eigenvalue weighted by molar-refractivity contribution is 7.98. The van der Waals surface area contributed by atoms with Gasteiger partial charge in [0.15, 0.2) is 5.16 Å². The van der Waals surface area contributed by atoms with E-state index >= 15 is 0 Å². The Morgan fingerprint density at radius 3 is 2.61 bits per heavy atom. The van der Waals surface area contributed by atoms with Gasteiger partial charge in [-0.3, -0.25) is 4.98 Å². The molecule has 8 heteroatoms. The Morgan fingerprint density at radius 1 is 1.10 bits per heavy atom. The molecule has 0 fully saturated rings. The van der Waals surface area contributed by atoms with Crippen LogP contribution in [0.2, 0.25) is 0 Å². The predicted molar refractivity (Wildman–Crippen MR) is 115 cm³/mol. The molecule has 2 heterocycles. The van der Waals surface area contributed by atoms with Crippen molar-refractivity contribution in [1.82, 2.24) is 14.5 Å². The molecular formula is C23H19F2N3O2S. The quantitative estimate of drug-likeness (QED) is 0.292. The molecule has 4 aromatic rings. The third-order valence-electron chi connectivity index (χ3n) is 4.56. The largest absolute Gasteiger partial charge is 0.462 e. The van der Waals surface area contributed by atoms with Gasteiger partial charge in [0.2, 0.25) is 0 Å². The zero-order chi connectivity index (χ0) is 21.8. The molecule has 5 nitrogen and oxygen atoms in total. The Bertz CT molecular complexity index is 1210. The van der Waals surface area contributed by atoms with Gasteiger partial charge in [0.25, 0.3) is 0 Å². The molecule has 0 N–H and O–H groups in total. The molecule has 0 aliphatic heterocycles. The average molecular weight is 439 g/mol. The van der Waals surface area contributed by atoms with Crippen LogP contribution >= 0.6 is 11.8 Å². The second kappa shape index (κ2) is 9.26. The first-order valence-electron chi connectivity index (χ1n) is 9.68. The van der Waals surface area contributed by atoms with Gasteiger partial charge in [-0.15, -0.1) is 0 Å². The first-order valence-corrected chi connectivity index (χ1v) is 10.7. The number of benzene rings is 2. The van der Waals surface area contributed by atoms with E-state index in [-0.39, 0.29) is 6.61 Å². The van der Waals surface area contributed by atoms with E-state index in [1.165, 1.54) is 23.9 Å². The number of pyridine rings is 1. The highest BCUT2D eigenvalue weighted by atomic mass is 32.2. The van der Waals surface area contributed by atoms with Crippen LogP contribution in [0.3, 0.4) is 0 Å². The summed E-state index contributed by atoms with van der Waals surface area (Å²) in [7, 11) is 0. The lowest BCUT2D eigenvalue weighted by Gasteiger charge is -2.09. The lowest BCUT2D eigenvalue weighted by atomic mass is 10.2. The van der Waals surface area contributed by atoms with Crippen molar-refractivity contribution in [2.75, 3.05) is 6.61 Å². The Balaban J connectivity index is 1.70. The highest BCUT2D eigenvalue weighted by Gasteiger charge is 2.16. The molecule has 4 rings (SSSR count). The van der Waals surface area contributed by atoms with Crippen LogP contribution in [-0.4, -0.2) is 27.1 Å². The zero-order valence-corrected chi connectivity index (χ0v) is 17.5. The van der Waals surface area contributed by atoms with Crippen LogP contribution in [0.15, 0.2) is 66.0 Å². The molecule has 0 saturated heterocycles. The van der Waals surface area contributed by atoms with E-state index in [9.17, 15) is 13.6 Å². The fraction of sp³-hybridized carbons (Fsp3) is 0.174. The van der Waals surface area contributed by atoms with Crippen molar-refractivity contribution in [3.63, 3.8) is 0 Å². The van der Waals surface area contributed by atoms with Crippen LogP contribution in [0.4, 0.5) is 8.78 Å². The molecule has 158 valence electrons. The van der Waals surface area contributed by atoms with Crippen molar-refractivity contribution in [2.45, 2.75) is 24.4 Å². The summed E-state index contributed by atoms with van der Waals surface area (Å²) in [5, 5.41) is 0.659. The van der Waals surface area contributed by atoms with Crippen LogP contribution in [0.1, 0.15) is 28.5 Å². The molecule has 0 unspecified atom stereocenters. The molecule has 0 amide bonds. The van der Waals surface area contributed by atoms with Crippen LogP contribution in [-0.2, 0) is 17.0 Å². The second-order valence-electron chi connectivity index (χ2n) is 6.79. The van der Waals surface area contributed by atoms with Crippen molar-refractivity contribution in [1.29, 1.82) is 0 Å². The molecule has 0 radical (unpaired) electrons. The molecule has 0 aliphatic carbocycles. The van der Waals surface area contributed by atoms with Gasteiger partial charge in [0, 0.05) is 18.0 Å². The van der Waals surface area contributed by atoms with Crippen LogP contribution in [0, 0.1) is 11.6 Å². The standard InChI is InChI=1S/C23H19F2N3O2S/c1-2-30-22(29)16-6-7-21-20(11-16)27-23(28(21)13-19-5-3-4-8-26-19)31-14-15-9-17(24)12-18(25)10-15/h3-12H,2,13-14H2,1H3. The molecular weight excluding hydrogens is 420 g/mol. The van der Waals surface area contributed by atoms with E-state index in [2.05, 4.69) is 9.97 Å². The van der Waals surface area contributed by atoms with E-state index in [4.69, 9.17) is 4.74 Å². The molecule has 31 heavy (non-hydrogen) atoms. The molecule has 0 atom stereocenters. The van der Waals surface area contributed by atoms with Crippen LogP contribution in [0.5, 0.6) is 0 Å². The summed E-state index contributed by atoms with van der Waals surface area (Å²) in [4.78, 5) is 21.2. The molecule has 0 aliphatic rings. The Morgan fingerprint density at radius 2 is 1.90 bits per heavy atom.